The molecule has 4 aromatic rings. The maximum atomic E-state index is 12.1. The summed E-state index contributed by atoms with van der Waals surface area (Å²) < 4.78 is 10.9. The highest BCUT2D eigenvalue weighted by molar-refractivity contribution is 7.80. The number of hydrogen-bond donors (Lipinski definition) is 4. The molecule has 1 saturated heterocycles. The van der Waals surface area contributed by atoms with Crippen LogP contribution in [0.15, 0.2) is 101 Å². The molecule has 3 aromatic carbocycles. The molecular formula is C40H56N4O8S. The van der Waals surface area contributed by atoms with Crippen LogP contribution in [-0.2, 0) is 14.4 Å². The molecule has 2 heterocycles. The molecule has 1 aliphatic heterocycles. The fraction of sp³-hybridized carbons (Fsp3) is 0.350. The highest BCUT2D eigenvalue weighted by atomic mass is 32.1. The second-order valence-corrected chi connectivity index (χ2v) is 13.1. The lowest BCUT2D eigenvalue weighted by atomic mass is 10.1. The number of methoxy groups -OCH3 is 1. The number of aromatic amines is 1. The first-order valence-corrected chi connectivity index (χ1v) is 17.7. The molecule has 1 saturated carbocycles. The Morgan fingerprint density at radius 1 is 0.962 bits per heavy atom. The molecule has 2 aliphatic rings. The van der Waals surface area contributed by atoms with Crippen molar-refractivity contribution in [2.24, 2.45) is 23.3 Å². The molecule has 3 atom stereocenters. The Kier molecular flexibility index (Phi) is 18.3. The number of aromatic nitrogens is 1. The Bertz CT molecular complexity index is 1860. The van der Waals surface area contributed by atoms with E-state index in [9.17, 15) is 19.2 Å². The quantitative estimate of drug-likeness (QED) is 0.0873. The molecule has 3 amide bonds. The summed E-state index contributed by atoms with van der Waals surface area (Å²) in [5.41, 5.74) is 12.9. The first kappa shape index (κ1) is 44.1. The minimum atomic E-state index is -0.391. The van der Waals surface area contributed by atoms with Crippen LogP contribution in [-0.4, -0.2) is 64.9 Å². The maximum Gasteiger partial charge on any atom is 0.240 e. The summed E-state index contributed by atoms with van der Waals surface area (Å²) in [6.45, 7) is 2.86. The number of thiol groups is 1. The summed E-state index contributed by atoms with van der Waals surface area (Å²) >= 11 is 4.35. The largest absolute Gasteiger partial charge is 0.497 e. The Morgan fingerprint density at radius 2 is 1.68 bits per heavy atom. The number of hydrogen-bond acceptors (Lipinski definition) is 7. The molecule has 0 bridgehead atoms. The van der Waals surface area contributed by atoms with Gasteiger partial charge in [-0.05, 0) is 80.7 Å². The van der Waals surface area contributed by atoms with E-state index in [0.717, 1.165) is 84.7 Å². The summed E-state index contributed by atoms with van der Waals surface area (Å²) in [6, 6.07) is 24.2. The van der Waals surface area contributed by atoms with Crippen molar-refractivity contribution in [3.63, 3.8) is 0 Å². The molecule has 0 radical (unpaired) electrons. The number of pyridine rings is 1. The number of para-hydroxylation sites is 1. The van der Waals surface area contributed by atoms with Gasteiger partial charge in [-0.15, -0.1) is 12.6 Å². The third-order valence-electron chi connectivity index (χ3n) is 8.83. The van der Waals surface area contributed by atoms with Crippen LogP contribution in [0.3, 0.4) is 0 Å². The minimum Gasteiger partial charge on any atom is -0.497 e. The number of nitrogens with two attached hydrogens (primary N) is 2. The lowest BCUT2D eigenvalue weighted by Crippen LogP contribution is -2.42. The van der Waals surface area contributed by atoms with Crippen molar-refractivity contribution in [3.05, 3.63) is 101 Å². The third kappa shape index (κ3) is 13.4. The van der Waals surface area contributed by atoms with Crippen LogP contribution in [0.25, 0.3) is 22.2 Å². The van der Waals surface area contributed by atoms with E-state index in [0.29, 0.717) is 17.8 Å². The van der Waals surface area contributed by atoms with Crippen LogP contribution in [0, 0.1) is 11.8 Å². The van der Waals surface area contributed by atoms with Gasteiger partial charge in [-0.25, -0.2) is 0 Å². The molecule has 1 aromatic heterocycles. The maximum absolute atomic E-state index is 12.1. The van der Waals surface area contributed by atoms with Crippen LogP contribution >= 0.6 is 12.6 Å². The molecule has 2 unspecified atom stereocenters. The monoisotopic (exact) mass is 752 g/mol. The smallest absolute Gasteiger partial charge is 0.240 e. The number of unbranched alkanes of at least 4 members (excludes halogenated alkanes) is 3. The fourth-order valence-electron chi connectivity index (χ4n) is 5.90. The van der Waals surface area contributed by atoms with E-state index < -0.39 is 5.91 Å². The van der Waals surface area contributed by atoms with Gasteiger partial charge in [0.15, 0.2) is 5.43 Å². The molecule has 6 rings (SSSR count). The van der Waals surface area contributed by atoms with E-state index in [-0.39, 0.29) is 43.0 Å². The number of nitrogens with zero attached hydrogens (tertiary/aromatic N) is 1. The van der Waals surface area contributed by atoms with Crippen molar-refractivity contribution in [1.29, 1.82) is 0 Å². The van der Waals surface area contributed by atoms with Gasteiger partial charge < -0.3 is 41.8 Å². The highest BCUT2D eigenvalue weighted by Crippen LogP contribution is 2.39. The molecule has 12 nitrogen and oxygen atoms in total. The number of nitrogens with one attached hydrogen (secondary N) is 1. The van der Waals surface area contributed by atoms with Gasteiger partial charge in [0.05, 0.1) is 19.2 Å². The molecule has 1 aliphatic carbocycles. The molecular weight excluding hydrogens is 697 g/mol. The number of H-pyrrole nitrogens is 1. The zero-order valence-corrected chi connectivity index (χ0v) is 31.1. The first-order chi connectivity index (χ1) is 24.6. The van der Waals surface area contributed by atoms with E-state index in [4.69, 9.17) is 20.9 Å². The third-order valence-corrected chi connectivity index (χ3v) is 9.20. The SMILES string of the molecule is CC(=O)N1CCCC1C(N)=O.COc1ccc2c(=O)cc(-c3ccccc3)[nH]c2c1.NC(=O)C1C[C@H]1/C=C\CCCCCOc1ccccc1S.O.O.[HH].[HH]. The fourth-order valence-corrected chi connectivity index (χ4v) is 6.12. The number of likely N-dealkylation sites (tertiary alicyclic amines) is 1. The van der Waals surface area contributed by atoms with Gasteiger partial charge in [0.25, 0.3) is 0 Å². The number of carbonyl (C=O) groups excluding carboxylic acids is 3. The van der Waals surface area contributed by atoms with E-state index in [2.05, 4.69) is 29.8 Å². The normalized spacial score (nSPS) is 16.9. The van der Waals surface area contributed by atoms with Gasteiger partial charge in [0.1, 0.15) is 17.5 Å². The van der Waals surface area contributed by atoms with Gasteiger partial charge in [-0.2, -0.15) is 0 Å². The molecule has 0 spiro atoms. The Balaban J connectivity index is 0.000000799. The Hall–Kier alpha value is -5.11. The number of primary amides is 2. The number of benzene rings is 3. The van der Waals surface area contributed by atoms with Gasteiger partial charge in [0, 0.05) is 50.3 Å². The molecule has 13 heteroatoms. The second kappa shape index (κ2) is 22.1. The zero-order chi connectivity index (χ0) is 36.8. The van der Waals surface area contributed by atoms with E-state index in [1.165, 1.54) is 11.8 Å². The van der Waals surface area contributed by atoms with Crippen molar-refractivity contribution in [2.45, 2.75) is 62.8 Å². The molecule has 2 fully saturated rings. The van der Waals surface area contributed by atoms with E-state index in [1.807, 2.05) is 60.7 Å². The topological polar surface area (TPSA) is 221 Å². The lowest BCUT2D eigenvalue weighted by Gasteiger charge is -2.19. The summed E-state index contributed by atoms with van der Waals surface area (Å²) in [5, 5.41) is 0.667. The van der Waals surface area contributed by atoms with Crippen molar-refractivity contribution < 1.29 is 37.7 Å². The highest BCUT2D eigenvalue weighted by Gasteiger charge is 2.39. The molecule has 9 N–H and O–H groups in total. The molecule has 290 valence electrons. The van der Waals surface area contributed by atoms with Gasteiger partial charge >= 0.3 is 0 Å². The van der Waals surface area contributed by atoms with Crippen molar-refractivity contribution in [1.82, 2.24) is 9.88 Å². The zero-order valence-electron chi connectivity index (χ0n) is 30.3. The Morgan fingerprint density at radius 3 is 2.30 bits per heavy atom. The predicted octanol–water partition coefficient (Wildman–Crippen LogP) is 5.12. The summed E-state index contributed by atoms with van der Waals surface area (Å²) in [7, 11) is 1.61. The van der Waals surface area contributed by atoms with Crippen LogP contribution in [0.1, 0.15) is 54.7 Å². The van der Waals surface area contributed by atoms with E-state index in [1.54, 1.807) is 25.3 Å². The Labute approximate surface area is 318 Å². The number of allylic oxidation sites excluding steroid dienone is 2. The van der Waals surface area contributed by atoms with Gasteiger partial charge in [-0.1, -0.05) is 54.6 Å². The van der Waals surface area contributed by atoms with Crippen molar-refractivity contribution in [2.75, 3.05) is 20.3 Å². The van der Waals surface area contributed by atoms with Gasteiger partial charge in [-0.3, -0.25) is 19.2 Å². The standard InChI is InChI=1S/C17H23NO2S.C16H13NO2.C7H12N2O2.2H2O.2H2/c18-17(19)14-12-13(14)8-4-2-1-3-7-11-20-15-9-5-6-10-16(15)21;1-19-12-7-8-13-15(9-12)17-14(10-16(13)18)11-5-3-2-4-6-11;1-5(10)9-4-2-3-6(9)7(8)11;;;;/h4-6,8-10,13-14,21H,1-3,7,11-12H2,(H2,18,19);2-10H,1H3,(H,17,18);6H,2-4H2,1H3,(H2,8,11);2*1H2;2*1H/b8-4-;;;;;;/t13-,14?;;;;;;/m1....../s1. The number of fused-ring (bicyclic) bond motifs is 1. The van der Waals surface area contributed by atoms with Crippen molar-refractivity contribution >= 4 is 41.3 Å². The number of rotatable bonds is 12. The summed E-state index contributed by atoms with van der Waals surface area (Å²) in [4.78, 5) is 50.3. The van der Waals surface area contributed by atoms with Crippen LogP contribution in [0.5, 0.6) is 11.5 Å². The van der Waals surface area contributed by atoms with E-state index >= 15 is 0 Å². The second-order valence-electron chi connectivity index (χ2n) is 12.6. The minimum absolute atomic E-state index is 0. The van der Waals surface area contributed by atoms with Crippen LogP contribution in [0.4, 0.5) is 0 Å². The summed E-state index contributed by atoms with van der Waals surface area (Å²) in [6.07, 6.45) is 11.2. The predicted molar refractivity (Wildman–Crippen MR) is 215 cm³/mol. The van der Waals surface area contributed by atoms with Crippen LogP contribution < -0.4 is 26.4 Å². The van der Waals surface area contributed by atoms with Gasteiger partial charge in [0.2, 0.25) is 17.7 Å². The number of ether oxygens (including phenoxy) is 2. The average Bonchev–Trinajstić information content (AvgIpc) is 3.73. The lowest BCUT2D eigenvalue weighted by molar-refractivity contribution is -0.135. The molecule has 53 heavy (non-hydrogen) atoms. The van der Waals surface area contributed by atoms with Crippen LogP contribution in [0.2, 0.25) is 0 Å². The average molecular weight is 753 g/mol. The first-order valence-electron chi connectivity index (χ1n) is 17.3. The van der Waals surface area contributed by atoms with Crippen molar-refractivity contribution in [3.8, 4) is 22.8 Å². The number of carbonyl (C=O) groups is 3. The number of amides is 3. The summed E-state index contributed by atoms with van der Waals surface area (Å²) in [5.74, 6) is 1.46.